The Balaban J connectivity index is 1.81. The minimum atomic E-state index is -0.603. The second kappa shape index (κ2) is 8.28. The van der Waals surface area contributed by atoms with Crippen LogP contribution < -0.4 is 15.4 Å². The van der Waals surface area contributed by atoms with E-state index in [1.54, 1.807) is 6.92 Å². The van der Waals surface area contributed by atoms with Gasteiger partial charge in [-0.1, -0.05) is 25.3 Å². The van der Waals surface area contributed by atoms with Crippen LogP contribution in [0.15, 0.2) is 18.2 Å². The van der Waals surface area contributed by atoms with Crippen LogP contribution in [0.1, 0.15) is 37.7 Å². The highest BCUT2D eigenvalue weighted by Crippen LogP contribution is 2.26. The van der Waals surface area contributed by atoms with Crippen LogP contribution in [-0.2, 0) is 4.79 Å². The first-order valence-electron chi connectivity index (χ1n) is 7.94. The second-order valence-corrected chi connectivity index (χ2v) is 5.80. The summed E-state index contributed by atoms with van der Waals surface area (Å²) in [4.78, 5) is 33.9. The van der Waals surface area contributed by atoms with Crippen molar-refractivity contribution < 1.29 is 19.2 Å². The first-order valence-corrected chi connectivity index (χ1v) is 7.94. The minimum Gasteiger partial charge on any atom is -0.483 e. The Kier molecular flexibility index (Phi) is 6.11. The highest BCUT2D eigenvalue weighted by Gasteiger charge is 2.18. The molecule has 1 aromatic rings. The molecule has 0 aromatic heterocycles. The smallest absolute Gasteiger partial charge is 0.321 e. The summed E-state index contributed by atoms with van der Waals surface area (Å²) in [5.74, 6) is -0.360. The summed E-state index contributed by atoms with van der Waals surface area (Å²) in [6.45, 7) is 1.15. The van der Waals surface area contributed by atoms with Gasteiger partial charge in [-0.05, 0) is 25.8 Å². The third-order valence-electron chi connectivity index (χ3n) is 4.00. The highest BCUT2D eigenvalue weighted by molar-refractivity contribution is 5.95. The van der Waals surface area contributed by atoms with Crippen molar-refractivity contribution in [2.75, 3.05) is 6.61 Å². The number of urea groups is 1. The van der Waals surface area contributed by atoms with Crippen LogP contribution in [-0.4, -0.2) is 29.5 Å². The van der Waals surface area contributed by atoms with Gasteiger partial charge in [0.1, 0.15) is 5.75 Å². The van der Waals surface area contributed by atoms with Crippen molar-refractivity contribution in [1.29, 1.82) is 0 Å². The number of carbonyl (C=O) groups is 2. The first-order chi connectivity index (χ1) is 11.5. The van der Waals surface area contributed by atoms with Crippen LogP contribution in [0.3, 0.4) is 0 Å². The van der Waals surface area contributed by atoms with Crippen LogP contribution in [0.2, 0.25) is 0 Å². The van der Waals surface area contributed by atoms with E-state index in [0.29, 0.717) is 5.56 Å². The number of imide groups is 1. The van der Waals surface area contributed by atoms with Crippen molar-refractivity contribution in [3.8, 4) is 5.75 Å². The first kappa shape index (κ1) is 17.7. The molecule has 0 atom stereocenters. The number of ether oxygens (including phenoxy) is 1. The Morgan fingerprint density at radius 2 is 2.00 bits per heavy atom. The van der Waals surface area contributed by atoms with Crippen LogP contribution >= 0.6 is 0 Å². The maximum Gasteiger partial charge on any atom is 0.321 e. The normalized spacial score (nSPS) is 14.7. The molecule has 8 nitrogen and oxygen atoms in total. The van der Waals surface area contributed by atoms with Crippen molar-refractivity contribution in [1.82, 2.24) is 10.6 Å². The summed E-state index contributed by atoms with van der Waals surface area (Å²) in [7, 11) is 0. The van der Waals surface area contributed by atoms with Crippen molar-refractivity contribution in [2.45, 2.75) is 45.1 Å². The molecule has 1 aromatic carbocycles. The van der Waals surface area contributed by atoms with Gasteiger partial charge in [-0.2, -0.15) is 0 Å². The summed E-state index contributed by atoms with van der Waals surface area (Å²) in [5, 5.41) is 15.8. The predicted molar refractivity (Wildman–Crippen MR) is 86.9 cm³/mol. The third kappa shape index (κ3) is 4.94. The van der Waals surface area contributed by atoms with Crippen LogP contribution in [0.5, 0.6) is 5.75 Å². The van der Waals surface area contributed by atoms with Gasteiger partial charge in [0.2, 0.25) is 0 Å². The lowest BCUT2D eigenvalue weighted by molar-refractivity contribution is -0.385. The highest BCUT2D eigenvalue weighted by atomic mass is 16.6. The largest absolute Gasteiger partial charge is 0.483 e. The van der Waals surface area contributed by atoms with Gasteiger partial charge in [-0.3, -0.25) is 20.2 Å². The number of rotatable bonds is 5. The van der Waals surface area contributed by atoms with Gasteiger partial charge >= 0.3 is 6.03 Å². The zero-order valence-corrected chi connectivity index (χ0v) is 13.5. The molecule has 2 N–H and O–H groups in total. The minimum absolute atomic E-state index is 0.0806. The Morgan fingerprint density at radius 1 is 1.29 bits per heavy atom. The third-order valence-corrected chi connectivity index (χ3v) is 4.00. The molecular weight excluding hydrogens is 314 g/mol. The number of benzene rings is 1. The van der Waals surface area contributed by atoms with Gasteiger partial charge in [0.25, 0.3) is 11.6 Å². The lowest BCUT2D eigenvalue weighted by Gasteiger charge is -2.22. The number of hydrogen-bond acceptors (Lipinski definition) is 5. The van der Waals surface area contributed by atoms with Gasteiger partial charge < -0.3 is 10.1 Å². The fraction of sp³-hybridized carbons (Fsp3) is 0.500. The number of nitrogens with zero attached hydrogens (tertiary/aromatic N) is 1. The lowest BCUT2D eigenvalue weighted by Crippen LogP contribution is -2.46. The Morgan fingerprint density at radius 3 is 2.67 bits per heavy atom. The number of nitrogens with one attached hydrogen (secondary N) is 2. The van der Waals surface area contributed by atoms with E-state index in [9.17, 15) is 19.7 Å². The van der Waals surface area contributed by atoms with Crippen molar-refractivity contribution in [2.24, 2.45) is 0 Å². The molecule has 0 spiro atoms. The predicted octanol–water partition coefficient (Wildman–Crippen LogP) is 2.44. The quantitative estimate of drug-likeness (QED) is 0.634. The van der Waals surface area contributed by atoms with E-state index in [4.69, 9.17) is 4.74 Å². The van der Waals surface area contributed by atoms with Crippen molar-refractivity contribution >= 4 is 17.6 Å². The van der Waals surface area contributed by atoms with Gasteiger partial charge in [0, 0.05) is 12.1 Å². The summed E-state index contributed by atoms with van der Waals surface area (Å²) >= 11 is 0. The number of amides is 3. The summed E-state index contributed by atoms with van der Waals surface area (Å²) in [6, 6.07) is 3.95. The molecule has 24 heavy (non-hydrogen) atoms. The van der Waals surface area contributed by atoms with Gasteiger partial charge in [0.15, 0.2) is 6.61 Å². The van der Waals surface area contributed by atoms with E-state index >= 15 is 0 Å². The zero-order chi connectivity index (χ0) is 17.5. The van der Waals surface area contributed by atoms with Gasteiger partial charge in [0.05, 0.1) is 10.5 Å². The molecule has 1 aliphatic carbocycles. The van der Waals surface area contributed by atoms with Crippen LogP contribution in [0.25, 0.3) is 0 Å². The maximum atomic E-state index is 11.8. The Bertz CT molecular complexity index is 626. The van der Waals surface area contributed by atoms with E-state index in [0.717, 1.165) is 25.7 Å². The number of hydrogen-bond donors (Lipinski definition) is 2. The Labute approximate surface area is 139 Å². The molecule has 0 bridgehead atoms. The second-order valence-electron chi connectivity index (χ2n) is 5.80. The SMILES string of the molecule is Cc1c(OCC(=O)NC(=O)NC2CCCCC2)cccc1[N+](=O)[O-]. The topological polar surface area (TPSA) is 111 Å². The number of carbonyl (C=O) groups excluding carboxylic acids is 2. The standard InChI is InChI=1S/C16H21N3O5/c1-11-13(19(22)23)8-5-9-14(11)24-10-15(20)18-16(21)17-12-6-3-2-4-7-12/h5,8-9,12H,2-4,6-7,10H2,1H3,(H2,17,18,20,21). The molecule has 130 valence electrons. The van der Waals surface area contributed by atoms with Crippen LogP contribution in [0, 0.1) is 17.0 Å². The Hall–Kier alpha value is -2.64. The molecule has 0 saturated heterocycles. The van der Waals surface area contributed by atoms with Gasteiger partial charge in [-0.15, -0.1) is 0 Å². The van der Waals surface area contributed by atoms with E-state index in [2.05, 4.69) is 10.6 Å². The molecule has 0 aliphatic heterocycles. The average Bonchev–Trinajstić information content (AvgIpc) is 2.54. The lowest BCUT2D eigenvalue weighted by atomic mass is 9.96. The number of nitro groups is 1. The van der Waals surface area contributed by atoms with Crippen molar-refractivity contribution in [3.63, 3.8) is 0 Å². The maximum absolute atomic E-state index is 11.8. The van der Waals surface area contributed by atoms with E-state index in [1.165, 1.54) is 24.6 Å². The van der Waals surface area contributed by atoms with E-state index in [-0.39, 0.29) is 24.1 Å². The zero-order valence-electron chi connectivity index (χ0n) is 13.5. The molecule has 1 aliphatic rings. The summed E-state index contributed by atoms with van der Waals surface area (Å²) in [6.07, 6.45) is 5.17. The van der Waals surface area contributed by atoms with E-state index in [1.807, 2.05) is 0 Å². The number of nitro benzene ring substituents is 1. The molecule has 8 heteroatoms. The molecular formula is C16H21N3O5. The molecule has 0 heterocycles. The average molecular weight is 335 g/mol. The fourth-order valence-electron chi connectivity index (χ4n) is 2.73. The molecule has 2 rings (SSSR count). The molecule has 0 unspecified atom stereocenters. The van der Waals surface area contributed by atoms with E-state index < -0.39 is 16.9 Å². The molecule has 0 radical (unpaired) electrons. The van der Waals surface area contributed by atoms with Crippen molar-refractivity contribution in [3.05, 3.63) is 33.9 Å². The van der Waals surface area contributed by atoms with Gasteiger partial charge in [-0.25, -0.2) is 4.79 Å². The molecule has 1 saturated carbocycles. The molecule has 1 fully saturated rings. The summed E-state index contributed by atoms with van der Waals surface area (Å²) in [5.41, 5.74) is 0.255. The fourth-order valence-corrected chi connectivity index (χ4v) is 2.73. The van der Waals surface area contributed by atoms with Crippen LogP contribution in [0.4, 0.5) is 10.5 Å². The monoisotopic (exact) mass is 335 g/mol. The molecule has 3 amide bonds. The summed E-state index contributed by atoms with van der Waals surface area (Å²) < 4.78 is 5.28.